The Bertz CT molecular complexity index is 1100. The summed E-state index contributed by atoms with van der Waals surface area (Å²) in [4.78, 5) is 23.8. The minimum absolute atomic E-state index is 0.00560. The molecule has 162 valence electrons. The highest BCUT2D eigenvalue weighted by atomic mass is 32.1. The Morgan fingerprint density at radius 1 is 1.16 bits per heavy atom. The van der Waals surface area contributed by atoms with Gasteiger partial charge in [0.05, 0.1) is 29.7 Å². The number of aryl methyl sites for hydroxylation is 1. The predicted octanol–water partition coefficient (Wildman–Crippen LogP) is 2.95. The molecule has 0 unspecified atom stereocenters. The van der Waals surface area contributed by atoms with Gasteiger partial charge in [-0.3, -0.25) is 9.59 Å². The largest absolute Gasteiger partial charge is 0.497 e. The second kappa shape index (κ2) is 9.43. The quantitative estimate of drug-likeness (QED) is 0.402. The van der Waals surface area contributed by atoms with Crippen LogP contribution in [-0.4, -0.2) is 29.3 Å². The van der Waals surface area contributed by atoms with Crippen LogP contribution in [0.4, 0.5) is 20.8 Å². The van der Waals surface area contributed by atoms with Crippen molar-refractivity contribution in [3.63, 3.8) is 0 Å². The third kappa shape index (κ3) is 5.48. The summed E-state index contributed by atoms with van der Waals surface area (Å²) >= 11 is 1.19. The number of ether oxygens (including phenoxy) is 1. The Balaban J connectivity index is 1.88. The van der Waals surface area contributed by atoms with Crippen LogP contribution in [0.2, 0.25) is 0 Å². The summed E-state index contributed by atoms with van der Waals surface area (Å²) in [6.07, 6.45) is 0.229. The standard InChI is InChI=1S/C21H22FN5O3S/c1-11-7-19(31-27-11)26-16-10-17(15(22)9-14(16)20(23)28)25-18(21(24)29)8-12-3-5-13(30-2)6-4-12/h3-7,9-10,18,25-26H,8H2,1-2H3,(H2,23,28)(H2,24,29)/t18-/m1/s1. The van der Waals surface area contributed by atoms with E-state index in [9.17, 15) is 14.0 Å². The third-order valence-corrected chi connectivity index (χ3v) is 5.33. The number of methoxy groups -OCH3 is 1. The minimum Gasteiger partial charge on any atom is -0.497 e. The van der Waals surface area contributed by atoms with Gasteiger partial charge in [0.2, 0.25) is 5.91 Å². The number of carbonyl (C=O) groups excluding carboxylic acids is 2. The van der Waals surface area contributed by atoms with E-state index >= 15 is 0 Å². The molecule has 0 spiro atoms. The van der Waals surface area contributed by atoms with Gasteiger partial charge in [-0.25, -0.2) is 4.39 Å². The van der Waals surface area contributed by atoms with Gasteiger partial charge in [0.1, 0.15) is 22.6 Å². The number of nitrogens with zero attached hydrogens (tertiary/aromatic N) is 1. The highest BCUT2D eigenvalue weighted by molar-refractivity contribution is 7.10. The van der Waals surface area contributed by atoms with Crippen LogP contribution in [0.15, 0.2) is 42.5 Å². The van der Waals surface area contributed by atoms with Gasteiger partial charge in [-0.1, -0.05) is 12.1 Å². The average molecular weight is 444 g/mol. The maximum atomic E-state index is 14.7. The van der Waals surface area contributed by atoms with E-state index in [4.69, 9.17) is 16.2 Å². The number of hydrogen-bond donors (Lipinski definition) is 4. The van der Waals surface area contributed by atoms with Crippen LogP contribution < -0.4 is 26.8 Å². The summed E-state index contributed by atoms with van der Waals surface area (Å²) in [5.41, 5.74) is 12.8. The molecular weight excluding hydrogens is 421 g/mol. The smallest absolute Gasteiger partial charge is 0.250 e. The number of carbonyl (C=O) groups is 2. The van der Waals surface area contributed by atoms with Crippen molar-refractivity contribution in [2.24, 2.45) is 11.5 Å². The number of benzene rings is 2. The molecule has 3 aromatic rings. The minimum atomic E-state index is -0.888. The molecule has 10 heteroatoms. The molecule has 0 aliphatic heterocycles. The molecule has 1 atom stereocenters. The van der Waals surface area contributed by atoms with Crippen LogP contribution in [-0.2, 0) is 11.2 Å². The Morgan fingerprint density at radius 3 is 2.42 bits per heavy atom. The predicted molar refractivity (Wildman–Crippen MR) is 118 cm³/mol. The number of hydrogen-bond acceptors (Lipinski definition) is 7. The van der Waals surface area contributed by atoms with Gasteiger partial charge in [0.15, 0.2) is 0 Å². The van der Waals surface area contributed by atoms with Crippen LogP contribution in [0, 0.1) is 12.7 Å². The molecule has 2 aromatic carbocycles. The lowest BCUT2D eigenvalue weighted by Gasteiger charge is -2.19. The number of nitrogens with one attached hydrogen (secondary N) is 2. The summed E-state index contributed by atoms with van der Waals surface area (Å²) in [6, 6.07) is 10.4. The van der Waals surface area contributed by atoms with Crippen molar-refractivity contribution in [3.8, 4) is 5.75 Å². The summed E-state index contributed by atoms with van der Waals surface area (Å²) in [7, 11) is 1.56. The molecule has 0 saturated carbocycles. The van der Waals surface area contributed by atoms with Crippen molar-refractivity contribution < 1.29 is 18.7 Å². The molecule has 3 rings (SSSR count). The maximum Gasteiger partial charge on any atom is 0.250 e. The topological polar surface area (TPSA) is 132 Å². The maximum absolute atomic E-state index is 14.7. The van der Waals surface area contributed by atoms with Gasteiger partial charge >= 0.3 is 0 Å². The Hall–Kier alpha value is -3.66. The summed E-state index contributed by atoms with van der Waals surface area (Å²) < 4.78 is 24.0. The molecule has 1 aromatic heterocycles. The number of primary amides is 2. The molecule has 0 saturated heterocycles. The third-order valence-electron chi connectivity index (χ3n) is 4.53. The molecule has 2 amide bonds. The fraction of sp³-hybridized carbons (Fsp3) is 0.190. The van der Waals surface area contributed by atoms with Crippen molar-refractivity contribution >= 4 is 39.7 Å². The lowest BCUT2D eigenvalue weighted by molar-refractivity contribution is -0.118. The van der Waals surface area contributed by atoms with E-state index in [0.29, 0.717) is 10.8 Å². The van der Waals surface area contributed by atoms with Gasteiger partial charge in [-0.05, 0) is 54.4 Å². The van der Waals surface area contributed by atoms with E-state index in [1.165, 1.54) is 17.6 Å². The first-order valence-electron chi connectivity index (χ1n) is 9.29. The van der Waals surface area contributed by atoms with E-state index in [2.05, 4.69) is 15.0 Å². The van der Waals surface area contributed by atoms with Crippen LogP contribution in [0.5, 0.6) is 5.75 Å². The zero-order valence-corrected chi connectivity index (χ0v) is 17.8. The lowest BCUT2D eigenvalue weighted by Crippen LogP contribution is -2.37. The van der Waals surface area contributed by atoms with E-state index < -0.39 is 23.7 Å². The highest BCUT2D eigenvalue weighted by Crippen LogP contribution is 2.30. The Labute approximate surface area is 182 Å². The zero-order chi connectivity index (χ0) is 22.5. The van der Waals surface area contributed by atoms with E-state index in [-0.39, 0.29) is 23.4 Å². The van der Waals surface area contributed by atoms with Crippen molar-refractivity contribution in [1.82, 2.24) is 4.37 Å². The van der Waals surface area contributed by atoms with Crippen LogP contribution >= 0.6 is 11.5 Å². The summed E-state index contributed by atoms with van der Waals surface area (Å²) in [5.74, 6) is -1.50. The molecule has 0 bridgehead atoms. The number of halogens is 1. The monoisotopic (exact) mass is 443 g/mol. The molecule has 8 nitrogen and oxygen atoms in total. The SMILES string of the molecule is COc1ccc(C[C@@H](Nc2cc(Nc3cc(C)ns3)c(C(N)=O)cc2F)C(N)=O)cc1. The van der Waals surface area contributed by atoms with Gasteiger partial charge in [0, 0.05) is 6.42 Å². The fourth-order valence-electron chi connectivity index (χ4n) is 2.95. The first kappa shape index (κ1) is 22.0. The number of rotatable bonds is 9. The number of nitrogens with two attached hydrogens (primary N) is 2. The number of amides is 2. The highest BCUT2D eigenvalue weighted by Gasteiger charge is 2.21. The van der Waals surface area contributed by atoms with Gasteiger partial charge in [0.25, 0.3) is 5.91 Å². The Kier molecular flexibility index (Phi) is 6.71. The normalized spacial score (nSPS) is 11.6. The Morgan fingerprint density at radius 2 is 1.87 bits per heavy atom. The van der Waals surface area contributed by atoms with Crippen molar-refractivity contribution in [3.05, 3.63) is 65.1 Å². The second-order valence-corrected chi connectivity index (χ2v) is 7.66. The fourth-order valence-corrected chi connectivity index (χ4v) is 3.63. The zero-order valence-electron chi connectivity index (χ0n) is 16.9. The molecular formula is C21H22FN5O3S. The van der Waals surface area contributed by atoms with Gasteiger partial charge in [-0.15, -0.1) is 0 Å². The van der Waals surface area contributed by atoms with Crippen molar-refractivity contribution in [1.29, 1.82) is 0 Å². The molecule has 0 aliphatic carbocycles. The summed E-state index contributed by atoms with van der Waals surface area (Å²) in [5, 5.41) is 6.52. The lowest BCUT2D eigenvalue weighted by atomic mass is 10.0. The number of anilines is 3. The van der Waals surface area contributed by atoms with E-state index in [1.54, 1.807) is 37.4 Å². The van der Waals surface area contributed by atoms with Crippen molar-refractivity contribution in [2.45, 2.75) is 19.4 Å². The average Bonchev–Trinajstić information content (AvgIpc) is 3.14. The first-order chi connectivity index (χ1) is 14.8. The van der Waals surface area contributed by atoms with Crippen LogP contribution in [0.1, 0.15) is 21.6 Å². The van der Waals surface area contributed by atoms with Crippen LogP contribution in [0.25, 0.3) is 0 Å². The first-order valence-corrected chi connectivity index (χ1v) is 10.1. The molecule has 0 aliphatic rings. The molecule has 6 N–H and O–H groups in total. The molecule has 1 heterocycles. The molecule has 31 heavy (non-hydrogen) atoms. The van der Waals surface area contributed by atoms with Gasteiger partial charge in [-0.2, -0.15) is 4.37 Å². The molecule has 0 radical (unpaired) electrons. The van der Waals surface area contributed by atoms with Crippen LogP contribution in [0.3, 0.4) is 0 Å². The number of aromatic nitrogens is 1. The van der Waals surface area contributed by atoms with E-state index in [0.717, 1.165) is 17.3 Å². The molecule has 0 fully saturated rings. The van der Waals surface area contributed by atoms with Gasteiger partial charge < -0.3 is 26.8 Å². The second-order valence-electron chi connectivity index (χ2n) is 6.85. The van der Waals surface area contributed by atoms with E-state index in [1.807, 2.05) is 6.92 Å². The summed E-state index contributed by atoms with van der Waals surface area (Å²) in [6.45, 7) is 1.82. The van der Waals surface area contributed by atoms with Crippen molar-refractivity contribution in [2.75, 3.05) is 17.7 Å².